The number of carbonyl (C=O) groups excluding carboxylic acids is 1. The molecule has 2 rings (SSSR count). The summed E-state index contributed by atoms with van der Waals surface area (Å²) >= 11 is 0. The number of nitrogens with two attached hydrogens (primary N) is 1. The summed E-state index contributed by atoms with van der Waals surface area (Å²) in [5.41, 5.74) is 6.56. The van der Waals surface area contributed by atoms with Crippen LogP contribution in [-0.2, 0) is 9.53 Å². The Hall–Kier alpha value is -1.39. The van der Waals surface area contributed by atoms with Crippen LogP contribution in [0, 0.1) is 0 Å². The van der Waals surface area contributed by atoms with Crippen molar-refractivity contribution in [3.05, 3.63) is 35.9 Å². The molecule has 0 saturated carbocycles. The Bertz CT molecular complexity index is 400. The first-order valence-corrected chi connectivity index (χ1v) is 6.92. The zero-order valence-electron chi connectivity index (χ0n) is 11.4. The quantitative estimate of drug-likeness (QED) is 0.879. The highest BCUT2D eigenvalue weighted by Crippen LogP contribution is 2.25. The molecule has 104 valence electrons. The summed E-state index contributed by atoms with van der Waals surface area (Å²) < 4.78 is 5.63. The van der Waals surface area contributed by atoms with Crippen molar-refractivity contribution in [2.24, 2.45) is 5.73 Å². The van der Waals surface area contributed by atoms with E-state index in [2.05, 4.69) is 4.90 Å². The Kier molecular flexibility index (Phi) is 4.93. The van der Waals surface area contributed by atoms with Gasteiger partial charge in [-0.3, -0.25) is 9.69 Å². The molecular weight excluding hydrogens is 240 g/mol. The molecule has 4 heteroatoms. The van der Waals surface area contributed by atoms with Crippen molar-refractivity contribution in [1.82, 2.24) is 4.90 Å². The highest BCUT2D eigenvalue weighted by Gasteiger charge is 2.29. The molecule has 0 bridgehead atoms. The van der Waals surface area contributed by atoms with Gasteiger partial charge >= 0.3 is 0 Å². The van der Waals surface area contributed by atoms with E-state index in [0.29, 0.717) is 6.10 Å². The molecule has 1 aromatic carbocycles. The minimum atomic E-state index is -0.316. The lowest BCUT2D eigenvalue weighted by Crippen LogP contribution is -2.44. The molecule has 0 aliphatic carbocycles. The highest BCUT2D eigenvalue weighted by molar-refractivity contribution is 5.81. The molecular formula is C15H22N2O2. The average molecular weight is 262 g/mol. The van der Waals surface area contributed by atoms with E-state index in [9.17, 15) is 4.79 Å². The lowest BCUT2D eigenvalue weighted by molar-refractivity contribution is -0.124. The van der Waals surface area contributed by atoms with Crippen molar-refractivity contribution in [2.75, 3.05) is 19.7 Å². The van der Waals surface area contributed by atoms with E-state index in [0.717, 1.165) is 38.1 Å². The minimum absolute atomic E-state index is 0.277. The summed E-state index contributed by atoms with van der Waals surface area (Å²) in [6.07, 6.45) is 2.25. The van der Waals surface area contributed by atoms with E-state index in [4.69, 9.17) is 10.5 Å². The molecule has 19 heavy (non-hydrogen) atoms. The Morgan fingerprint density at radius 3 is 2.53 bits per heavy atom. The Balaban J connectivity index is 2.04. The van der Waals surface area contributed by atoms with Gasteiger partial charge in [0.15, 0.2) is 0 Å². The number of nitrogens with zero attached hydrogens (tertiary/aromatic N) is 1. The van der Waals surface area contributed by atoms with Crippen LogP contribution in [0.3, 0.4) is 0 Å². The van der Waals surface area contributed by atoms with Crippen molar-refractivity contribution in [2.45, 2.75) is 31.9 Å². The molecule has 1 aliphatic rings. The smallest absolute Gasteiger partial charge is 0.239 e. The standard InChI is InChI=1S/C15H22N2O2/c1-2-19-13-8-10-17(11-9-13)14(15(16)18)12-6-4-3-5-7-12/h3-7,13-14H,2,8-11H2,1H3,(H2,16,18)/t14-/m0/s1. The SMILES string of the molecule is CCOC1CCN([C@H](C(N)=O)c2ccccc2)CC1. The summed E-state index contributed by atoms with van der Waals surface area (Å²) in [5.74, 6) is -0.277. The van der Waals surface area contributed by atoms with E-state index in [1.807, 2.05) is 37.3 Å². The number of rotatable bonds is 5. The van der Waals surface area contributed by atoms with Crippen molar-refractivity contribution in [3.63, 3.8) is 0 Å². The number of piperidine rings is 1. The van der Waals surface area contributed by atoms with Gasteiger partial charge in [0.1, 0.15) is 6.04 Å². The molecule has 0 unspecified atom stereocenters. The van der Waals surface area contributed by atoms with Crippen LogP contribution in [0.2, 0.25) is 0 Å². The molecule has 1 heterocycles. The fraction of sp³-hybridized carbons (Fsp3) is 0.533. The van der Waals surface area contributed by atoms with Crippen molar-refractivity contribution in [3.8, 4) is 0 Å². The van der Waals surface area contributed by atoms with Gasteiger partial charge in [0.2, 0.25) is 5.91 Å². The normalized spacial score (nSPS) is 19.2. The maximum atomic E-state index is 11.8. The van der Waals surface area contributed by atoms with Crippen LogP contribution in [0.1, 0.15) is 31.4 Å². The molecule has 1 atom stereocenters. The first kappa shape index (κ1) is 14.0. The fourth-order valence-electron chi connectivity index (χ4n) is 2.73. The molecule has 0 spiro atoms. The summed E-state index contributed by atoms with van der Waals surface area (Å²) in [4.78, 5) is 13.9. The fourth-order valence-corrected chi connectivity index (χ4v) is 2.73. The van der Waals surface area contributed by atoms with Crippen LogP contribution in [0.15, 0.2) is 30.3 Å². The predicted molar refractivity (Wildman–Crippen MR) is 74.6 cm³/mol. The van der Waals surface area contributed by atoms with Gasteiger partial charge in [-0.25, -0.2) is 0 Å². The van der Waals surface area contributed by atoms with E-state index < -0.39 is 0 Å². The Morgan fingerprint density at radius 1 is 1.37 bits per heavy atom. The third-order valence-corrected chi connectivity index (χ3v) is 3.63. The maximum absolute atomic E-state index is 11.8. The van der Waals surface area contributed by atoms with E-state index in [1.54, 1.807) is 0 Å². The summed E-state index contributed by atoms with van der Waals surface area (Å²) in [6.45, 7) is 4.48. The van der Waals surface area contributed by atoms with Crippen LogP contribution < -0.4 is 5.73 Å². The Labute approximate surface area is 114 Å². The third-order valence-electron chi connectivity index (χ3n) is 3.63. The van der Waals surface area contributed by atoms with Crippen molar-refractivity contribution in [1.29, 1.82) is 0 Å². The number of primary amides is 1. The molecule has 4 nitrogen and oxygen atoms in total. The summed E-state index contributed by atoms with van der Waals surface area (Å²) in [6, 6.07) is 9.44. The minimum Gasteiger partial charge on any atom is -0.378 e. The molecule has 1 aromatic rings. The lowest BCUT2D eigenvalue weighted by atomic mass is 10.00. The number of likely N-dealkylation sites (tertiary alicyclic amines) is 1. The Morgan fingerprint density at radius 2 is 2.00 bits per heavy atom. The molecule has 1 fully saturated rings. The third kappa shape index (κ3) is 3.55. The van der Waals surface area contributed by atoms with Crippen LogP contribution in [0.4, 0.5) is 0 Å². The van der Waals surface area contributed by atoms with Gasteiger partial charge in [-0.2, -0.15) is 0 Å². The molecule has 0 radical (unpaired) electrons. The number of hydrogen-bond donors (Lipinski definition) is 1. The van der Waals surface area contributed by atoms with E-state index >= 15 is 0 Å². The molecule has 0 aromatic heterocycles. The van der Waals surface area contributed by atoms with Gasteiger partial charge < -0.3 is 10.5 Å². The molecule has 1 saturated heterocycles. The number of amides is 1. The van der Waals surface area contributed by atoms with Crippen molar-refractivity contribution < 1.29 is 9.53 Å². The maximum Gasteiger partial charge on any atom is 0.239 e. The first-order valence-electron chi connectivity index (χ1n) is 6.92. The van der Waals surface area contributed by atoms with Gasteiger partial charge in [-0.05, 0) is 25.3 Å². The average Bonchev–Trinajstić information content (AvgIpc) is 2.42. The van der Waals surface area contributed by atoms with Crippen LogP contribution >= 0.6 is 0 Å². The second-order valence-corrected chi connectivity index (χ2v) is 4.91. The van der Waals surface area contributed by atoms with Crippen molar-refractivity contribution >= 4 is 5.91 Å². The predicted octanol–water partition coefficient (Wildman–Crippen LogP) is 1.71. The van der Waals surface area contributed by atoms with Crippen LogP contribution in [0.5, 0.6) is 0 Å². The number of hydrogen-bond acceptors (Lipinski definition) is 3. The van der Waals surface area contributed by atoms with Gasteiger partial charge in [-0.1, -0.05) is 30.3 Å². The zero-order valence-corrected chi connectivity index (χ0v) is 11.4. The van der Waals surface area contributed by atoms with Crippen LogP contribution in [-0.4, -0.2) is 36.6 Å². The second kappa shape index (κ2) is 6.68. The monoisotopic (exact) mass is 262 g/mol. The summed E-state index contributed by atoms with van der Waals surface area (Å²) in [5, 5.41) is 0. The second-order valence-electron chi connectivity index (χ2n) is 4.91. The molecule has 1 aliphatic heterocycles. The van der Waals surface area contributed by atoms with Gasteiger partial charge in [0.05, 0.1) is 6.10 Å². The van der Waals surface area contributed by atoms with Gasteiger partial charge in [-0.15, -0.1) is 0 Å². The van der Waals surface area contributed by atoms with E-state index in [1.165, 1.54) is 0 Å². The largest absolute Gasteiger partial charge is 0.378 e. The first-order chi connectivity index (χ1) is 9.22. The molecule has 2 N–H and O–H groups in total. The van der Waals surface area contributed by atoms with Gasteiger partial charge in [0.25, 0.3) is 0 Å². The topological polar surface area (TPSA) is 55.6 Å². The number of carbonyl (C=O) groups is 1. The van der Waals surface area contributed by atoms with E-state index in [-0.39, 0.29) is 11.9 Å². The number of benzene rings is 1. The molecule has 1 amide bonds. The lowest BCUT2D eigenvalue weighted by Gasteiger charge is -2.36. The summed E-state index contributed by atoms with van der Waals surface area (Å²) in [7, 11) is 0. The van der Waals surface area contributed by atoms with Gasteiger partial charge in [0, 0.05) is 19.7 Å². The number of ether oxygens (including phenoxy) is 1. The van der Waals surface area contributed by atoms with Crippen LogP contribution in [0.25, 0.3) is 0 Å². The zero-order chi connectivity index (χ0) is 13.7. The highest BCUT2D eigenvalue weighted by atomic mass is 16.5.